The minimum atomic E-state index is -0.779. The second kappa shape index (κ2) is 4.55. The zero-order valence-electron chi connectivity index (χ0n) is 9.52. The molecule has 2 aromatic carbocycles. The third kappa shape index (κ3) is 2.45. The van der Waals surface area contributed by atoms with E-state index < -0.39 is 6.10 Å². The summed E-state index contributed by atoms with van der Waals surface area (Å²) in [5, 5.41) is 10.2. The molecule has 3 heteroatoms. The predicted octanol–water partition coefficient (Wildman–Crippen LogP) is 2.80. The van der Waals surface area contributed by atoms with Crippen molar-refractivity contribution in [2.75, 3.05) is 5.73 Å². The Morgan fingerprint density at radius 3 is 2.59 bits per heavy atom. The van der Waals surface area contributed by atoms with Crippen molar-refractivity contribution in [1.29, 1.82) is 0 Å². The SMILES string of the molecule is Cc1cc(F)ccc1C(O)c1cccc(N)c1. The quantitative estimate of drug-likeness (QED) is 0.781. The minimum Gasteiger partial charge on any atom is -0.399 e. The molecule has 17 heavy (non-hydrogen) atoms. The van der Waals surface area contributed by atoms with Crippen LogP contribution in [0.4, 0.5) is 10.1 Å². The van der Waals surface area contributed by atoms with Crippen LogP contribution in [-0.2, 0) is 0 Å². The van der Waals surface area contributed by atoms with Crippen LogP contribution in [-0.4, -0.2) is 5.11 Å². The maximum Gasteiger partial charge on any atom is 0.123 e. The van der Waals surface area contributed by atoms with Gasteiger partial charge in [0.05, 0.1) is 0 Å². The summed E-state index contributed by atoms with van der Waals surface area (Å²) in [6, 6.07) is 11.4. The highest BCUT2D eigenvalue weighted by Gasteiger charge is 2.13. The van der Waals surface area contributed by atoms with Crippen LogP contribution >= 0.6 is 0 Å². The Morgan fingerprint density at radius 2 is 1.94 bits per heavy atom. The summed E-state index contributed by atoms with van der Waals surface area (Å²) in [7, 11) is 0. The van der Waals surface area contributed by atoms with E-state index in [0.717, 1.165) is 5.56 Å². The highest BCUT2D eigenvalue weighted by Crippen LogP contribution is 2.26. The number of nitrogen functional groups attached to an aromatic ring is 1. The van der Waals surface area contributed by atoms with Gasteiger partial charge in [0.25, 0.3) is 0 Å². The zero-order chi connectivity index (χ0) is 12.4. The lowest BCUT2D eigenvalue weighted by Crippen LogP contribution is -2.03. The summed E-state index contributed by atoms with van der Waals surface area (Å²) >= 11 is 0. The first kappa shape index (κ1) is 11.6. The number of aliphatic hydroxyl groups is 1. The van der Waals surface area contributed by atoms with Crippen LogP contribution in [0.15, 0.2) is 42.5 Å². The maximum absolute atomic E-state index is 13.0. The standard InChI is InChI=1S/C14H14FNO/c1-9-7-11(15)5-6-13(9)14(17)10-3-2-4-12(16)8-10/h2-8,14,17H,16H2,1H3. The predicted molar refractivity (Wildman–Crippen MR) is 66.1 cm³/mol. The molecule has 0 aliphatic heterocycles. The van der Waals surface area contributed by atoms with Crippen molar-refractivity contribution in [3.63, 3.8) is 0 Å². The summed E-state index contributed by atoms with van der Waals surface area (Å²) in [4.78, 5) is 0. The van der Waals surface area contributed by atoms with Gasteiger partial charge >= 0.3 is 0 Å². The van der Waals surface area contributed by atoms with Crippen molar-refractivity contribution in [2.45, 2.75) is 13.0 Å². The van der Waals surface area contributed by atoms with Crippen molar-refractivity contribution in [1.82, 2.24) is 0 Å². The summed E-state index contributed by atoms with van der Waals surface area (Å²) in [6.45, 7) is 1.77. The van der Waals surface area contributed by atoms with Gasteiger partial charge in [-0.3, -0.25) is 0 Å². The number of hydrogen-bond acceptors (Lipinski definition) is 2. The Labute approximate surface area is 99.5 Å². The molecule has 0 fully saturated rings. The number of rotatable bonds is 2. The normalized spacial score (nSPS) is 12.4. The second-order valence-electron chi connectivity index (χ2n) is 4.07. The third-order valence-electron chi connectivity index (χ3n) is 2.75. The Hall–Kier alpha value is -1.87. The van der Waals surface area contributed by atoms with Gasteiger partial charge in [-0.1, -0.05) is 18.2 Å². The number of benzene rings is 2. The number of aliphatic hydroxyl groups excluding tert-OH is 1. The Morgan fingerprint density at radius 1 is 1.18 bits per heavy atom. The summed E-state index contributed by atoms with van der Waals surface area (Å²) in [5.74, 6) is -0.300. The number of aryl methyl sites for hydroxylation is 1. The molecule has 0 aliphatic rings. The first-order valence-electron chi connectivity index (χ1n) is 5.37. The molecular weight excluding hydrogens is 217 g/mol. The minimum absolute atomic E-state index is 0.300. The van der Waals surface area contributed by atoms with Gasteiger partial charge < -0.3 is 10.8 Å². The van der Waals surface area contributed by atoms with Crippen molar-refractivity contribution in [3.05, 3.63) is 65.0 Å². The van der Waals surface area contributed by atoms with Gasteiger partial charge in [0, 0.05) is 5.69 Å². The van der Waals surface area contributed by atoms with Gasteiger partial charge in [-0.2, -0.15) is 0 Å². The molecule has 0 saturated carbocycles. The molecule has 1 atom stereocenters. The molecule has 0 amide bonds. The first-order valence-corrected chi connectivity index (χ1v) is 5.37. The summed E-state index contributed by atoms with van der Waals surface area (Å²) in [5.41, 5.74) is 8.39. The monoisotopic (exact) mass is 231 g/mol. The van der Waals surface area contributed by atoms with E-state index in [1.54, 1.807) is 37.3 Å². The molecule has 0 heterocycles. The molecule has 88 valence electrons. The Kier molecular flexibility index (Phi) is 3.11. The van der Waals surface area contributed by atoms with Crippen LogP contribution in [0, 0.1) is 12.7 Å². The molecule has 0 radical (unpaired) electrons. The number of nitrogens with two attached hydrogens (primary N) is 1. The van der Waals surface area contributed by atoms with Gasteiger partial charge in [-0.25, -0.2) is 4.39 Å². The second-order valence-corrected chi connectivity index (χ2v) is 4.07. The third-order valence-corrected chi connectivity index (χ3v) is 2.75. The fourth-order valence-electron chi connectivity index (χ4n) is 1.85. The van der Waals surface area contributed by atoms with E-state index in [1.165, 1.54) is 12.1 Å². The topological polar surface area (TPSA) is 46.2 Å². The van der Waals surface area contributed by atoms with Gasteiger partial charge in [0.2, 0.25) is 0 Å². The molecule has 0 spiro atoms. The van der Waals surface area contributed by atoms with E-state index in [9.17, 15) is 9.50 Å². The zero-order valence-corrected chi connectivity index (χ0v) is 9.52. The highest BCUT2D eigenvalue weighted by atomic mass is 19.1. The van der Waals surface area contributed by atoms with Gasteiger partial charge in [0.15, 0.2) is 0 Å². The molecule has 0 aliphatic carbocycles. The largest absolute Gasteiger partial charge is 0.399 e. The molecule has 0 aromatic heterocycles. The van der Waals surface area contributed by atoms with E-state index in [4.69, 9.17) is 5.73 Å². The van der Waals surface area contributed by atoms with Crippen LogP contribution in [0.1, 0.15) is 22.8 Å². The van der Waals surface area contributed by atoms with Crippen LogP contribution in [0.5, 0.6) is 0 Å². The van der Waals surface area contributed by atoms with Crippen molar-refractivity contribution in [3.8, 4) is 0 Å². The average Bonchev–Trinajstić information content (AvgIpc) is 2.28. The van der Waals surface area contributed by atoms with Gasteiger partial charge in [0.1, 0.15) is 11.9 Å². The summed E-state index contributed by atoms with van der Waals surface area (Å²) < 4.78 is 13.0. The smallest absolute Gasteiger partial charge is 0.123 e. The molecule has 0 bridgehead atoms. The van der Waals surface area contributed by atoms with Crippen LogP contribution in [0.2, 0.25) is 0 Å². The van der Waals surface area contributed by atoms with E-state index in [-0.39, 0.29) is 5.82 Å². The highest BCUT2D eigenvalue weighted by molar-refractivity contribution is 5.44. The molecule has 0 saturated heterocycles. The van der Waals surface area contributed by atoms with Crippen LogP contribution in [0.25, 0.3) is 0 Å². The molecular formula is C14H14FNO. The van der Waals surface area contributed by atoms with E-state index in [2.05, 4.69) is 0 Å². The lowest BCUT2D eigenvalue weighted by Gasteiger charge is -2.14. The van der Waals surface area contributed by atoms with E-state index >= 15 is 0 Å². The average molecular weight is 231 g/mol. The Bertz CT molecular complexity index is 539. The lowest BCUT2D eigenvalue weighted by atomic mass is 9.97. The number of halogens is 1. The maximum atomic E-state index is 13.0. The van der Waals surface area contributed by atoms with Crippen molar-refractivity contribution < 1.29 is 9.50 Å². The van der Waals surface area contributed by atoms with E-state index in [1.807, 2.05) is 0 Å². The van der Waals surface area contributed by atoms with Crippen molar-refractivity contribution >= 4 is 5.69 Å². The molecule has 2 nitrogen and oxygen atoms in total. The van der Waals surface area contributed by atoms with E-state index in [0.29, 0.717) is 16.8 Å². The van der Waals surface area contributed by atoms with Crippen LogP contribution < -0.4 is 5.73 Å². The fraction of sp³-hybridized carbons (Fsp3) is 0.143. The van der Waals surface area contributed by atoms with Gasteiger partial charge in [-0.15, -0.1) is 0 Å². The van der Waals surface area contributed by atoms with Crippen molar-refractivity contribution in [2.24, 2.45) is 0 Å². The van der Waals surface area contributed by atoms with Gasteiger partial charge in [-0.05, 0) is 47.9 Å². The molecule has 3 N–H and O–H groups in total. The molecule has 1 unspecified atom stereocenters. The number of hydrogen-bond donors (Lipinski definition) is 2. The molecule has 2 rings (SSSR count). The summed E-state index contributed by atoms with van der Waals surface area (Å²) in [6.07, 6.45) is -0.779. The molecule has 2 aromatic rings. The van der Waals surface area contributed by atoms with Crippen LogP contribution in [0.3, 0.4) is 0 Å². The lowest BCUT2D eigenvalue weighted by molar-refractivity contribution is 0.219. The number of anilines is 1. The fourth-order valence-corrected chi connectivity index (χ4v) is 1.85. The first-order chi connectivity index (χ1) is 8.08. The Balaban J connectivity index is 2.40.